The van der Waals surface area contributed by atoms with Crippen LogP contribution in [0.2, 0.25) is 0 Å². The molecule has 0 aliphatic rings. The van der Waals surface area contributed by atoms with Gasteiger partial charge in [-0.15, -0.1) is 0 Å². The Balaban J connectivity index is 2.89. The molecule has 0 aliphatic carbocycles. The van der Waals surface area contributed by atoms with Crippen LogP contribution in [-0.4, -0.2) is 3.79 Å². The molecule has 12 heavy (non-hydrogen) atoms. The average Bonchev–Trinajstić information content (AvgIpc) is 2.06. The first-order chi connectivity index (χ1) is 5.70. The quantitative estimate of drug-likeness (QED) is 0.459. The van der Waals surface area contributed by atoms with Crippen LogP contribution in [0.15, 0.2) is 35.9 Å². The summed E-state index contributed by atoms with van der Waals surface area (Å²) in [5.41, 5.74) is 1.85. The monoisotopic (exact) mass is 272 g/mol. The first-order valence-electron chi connectivity index (χ1n) is 3.63. The van der Waals surface area contributed by atoms with E-state index in [1.54, 1.807) is 22.6 Å². The first kappa shape index (κ1) is 9.45. The molecule has 0 bridgehead atoms. The zero-order chi connectivity index (χ0) is 8.97. The van der Waals surface area contributed by atoms with Gasteiger partial charge in [-0.05, 0) is 18.6 Å². The van der Waals surface area contributed by atoms with Crippen LogP contribution in [0.5, 0.6) is 0 Å². The van der Waals surface area contributed by atoms with Gasteiger partial charge in [0.25, 0.3) is 0 Å². The maximum Gasteiger partial charge on any atom is 0.218 e. The smallest absolute Gasteiger partial charge is 0.218 e. The number of carbonyl (C=O) groups excluding carboxylic acids is 1. The second-order valence-corrected chi connectivity index (χ2v) is 3.49. The van der Waals surface area contributed by atoms with Gasteiger partial charge in [0.05, 0.1) is 0 Å². The van der Waals surface area contributed by atoms with E-state index in [1.807, 2.05) is 43.3 Å². The van der Waals surface area contributed by atoms with E-state index in [4.69, 9.17) is 0 Å². The molecule has 1 nitrogen and oxygen atoms in total. The fourth-order valence-corrected chi connectivity index (χ4v) is 1.01. The molecule has 0 fully saturated rings. The topological polar surface area (TPSA) is 17.1 Å². The van der Waals surface area contributed by atoms with Crippen molar-refractivity contribution >= 4 is 32.5 Å². The summed E-state index contributed by atoms with van der Waals surface area (Å²) in [6.45, 7) is 1.82. The van der Waals surface area contributed by atoms with Crippen LogP contribution in [0.25, 0.3) is 6.08 Å². The molecule has 0 saturated heterocycles. The Labute approximate surface area is 85.6 Å². The lowest BCUT2D eigenvalue weighted by Gasteiger charge is -1.93. The summed E-state index contributed by atoms with van der Waals surface area (Å²) >= 11 is 1.79. The SMILES string of the molecule is CC(=Cc1ccccc1)C(=O)I. The van der Waals surface area contributed by atoms with Crippen LogP contribution in [0.1, 0.15) is 12.5 Å². The van der Waals surface area contributed by atoms with Crippen LogP contribution < -0.4 is 0 Å². The van der Waals surface area contributed by atoms with E-state index in [1.165, 1.54) is 0 Å². The predicted molar refractivity (Wildman–Crippen MR) is 59.1 cm³/mol. The number of hydrogen-bond donors (Lipinski definition) is 0. The molecule has 0 unspecified atom stereocenters. The van der Waals surface area contributed by atoms with Crippen molar-refractivity contribution in [3.05, 3.63) is 41.5 Å². The molecule has 1 aromatic rings. The van der Waals surface area contributed by atoms with E-state index < -0.39 is 0 Å². The molecular weight excluding hydrogens is 263 g/mol. The van der Waals surface area contributed by atoms with Gasteiger partial charge in [0.15, 0.2) is 0 Å². The van der Waals surface area contributed by atoms with Crippen molar-refractivity contribution in [2.45, 2.75) is 6.92 Å². The Morgan fingerprint density at radius 3 is 2.42 bits per heavy atom. The minimum atomic E-state index is 0.0939. The van der Waals surface area contributed by atoms with E-state index in [2.05, 4.69) is 0 Å². The fourth-order valence-electron chi connectivity index (χ4n) is 0.856. The second-order valence-electron chi connectivity index (χ2n) is 2.51. The molecule has 0 aromatic heterocycles. The highest BCUT2D eigenvalue weighted by atomic mass is 127. The summed E-state index contributed by atoms with van der Waals surface area (Å²) in [6, 6.07) is 9.82. The minimum absolute atomic E-state index is 0.0939. The Hall–Kier alpha value is -0.640. The molecule has 0 N–H and O–H groups in total. The van der Waals surface area contributed by atoms with E-state index in [-0.39, 0.29) is 3.79 Å². The number of carbonyl (C=O) groups is 1. The number of halogens is 1. The number of benzene rings is 1. The van der Waals surface area contributed by atoms with Gasteiger partial charge in [-0.2, -0.15) is 0 Å². The molecule has 0 spiro atoms. The Bertz CT molecular complexity index is 301. The lowest BCUT2D eigenvalue weighted by Crippen LogP contribution is -1.85. The molecule has 62 valence electrons. The fraction of sp³-hybridized carbons (Fsp3) is 0.100. The van der Waals surface area contributed by atoms with E-state index in [0.717, 1.165) is 11.1 Å². The maximum atomic E-state index is 10.9. The highest BCUT2D eigenvalue weighted by Gasteiger charge is 1.96. The lowest BCUT2D eigenvalue weighted by molar-refractivity contribution is -0.106. The molecule has 0 amide bonds. The highest BCUT2D eigenvalue weighted by molar-refractivity contribution is 14.1. The summed E-state index contributed by atoms with van der Waals surface area (Å²) in [4.78, 5) is 10.9. The highest BCUT2D eigenvalue weighted by Crippen LogP contribution is 2.09. The van der Waals surface area contributed by atoms with Crippen molar-refractivity contribution in [3.8, 4) is 0 Å². The zero-order valence-corrected chi connectivity index (χ0v) is 8.91. The molecule has 0 atom stereocenters. The molecule has 0 aliphatic heterocycles. The number of allylic oxidation sites excluding steroid dienone is 1. The lowest BCUT2D eigenvalue weighted by atomic mass is 10.1. The molecule has 1 rings (SSSR count). The Morgan fingerprint density at radius 2 is 1.92 bits per heavy atom. The van der Waals surface area contributed by atoms with E-state index >= 15 is 0 Å². The third kappa shape index (κ3) is 2.77. The van der Waals surface area contributed by atoms with Gasteiger partial charge >= 0.3 is 0 Å². The predicted octanol–water partition coefficient (Wildman–Crippen LogP) is 3.05. The van der Waals surface area contributed by atoms with Crippen LogP contribution >= 0.6 is 22.6 Å². The molecule has 0 radical (unpaired) electrons. The standard InChI is InChI=1S/C10H9IO/c1-8(10(11)12)7-9-5-3-2-4-6-9/h2-7H,1H3. The second kappa shape index (κ2) is 4.40. The van der Waals surface area contributed by atoms with Gasteiger partial charge < -0.3 is 0 Å². The van der Waals surface area contributed by atoms with Crippen molar-refractivity contribution < 1.29 is 4.79 Å². The first-order valence-corrected chi connectivity index (χ1v) is 4.71. The van der Waals surface area contributed by atoms with Crippen molar-refractivity contribution in [1.29, 1.82) is 0 Å². The van der Waals surface area contributed by atoms with E-state index in [0.29, 0.717) is 0 Å². The third-order valence-corrected chi connectivity index (χ3v) is 2.34. The van der Waals surface area contributed by atoms with Gasteiger partial charge in [-0.25, -0.2) is 0 Å². The molecule has 1 aromatic carbocycles. The summed E-state index contributed by atoms with van der Waals surface area (Å²) in [5, 5.41) is 0. The minimum Gasteiger partial charge on any atom is -0.283 e. The molecular formula is C10H9IO. The summed E-state index contributed by atoms with van der Waals surface area (Å²) in [7, 11) is 0. The van der Waals surface area contributed by atoms with Gasteiger partial charge in [-0.1, -0.05) is 30.3 Å². The number of rotatable bonds is 2. The van der Waals surface area contributed by atoms with E-state index in [9.17, 15) is 4.79 Å². The Kier molecular flexibility index (Phi) is 3.47. The van der Waals surface area contributed by atoms with Gasteiger partial charge in [0, 0.05) is 28.2 Å². The zero-order valence-electron chi connectivity index (χ0n) is 6.75. The van der Waals surface area contributed by atoms with Crippen molar-refractivity contribution in [1.82, 2.24) is 0 Å². The van der Waals surface area contributed by atoms with Crippen LogP contribution in [-0.2, 0) is 4.79 Å². The van der Waals surface area contributed by atoms with Gasteiger partial charge in [-0.3, -0.25) is 4.79 Å². The summed E-state index contributed by atoms with van der Waals surface area (Å²) in [5.74, 6) is 0. The van der Waals surface area contributed by atoms with Gasteiger partial charge in [0.2, 0.25) is 3.79 Å². The normalized spacial score (nSPS) is 11.3. The largest absolute Gasteiger partial charge is 0.283 e. The van der Waals surface area contributed by atoms with Crippen LogP contribution in [0, 0.1) is 0 Å². The van der Waals surface area contributed by atoms with Crippen molar-refractivity contribution in [2.75, 3.05) is 0 Å². The van der Waals surface area contributed by atoms with Crippen LogP contribution in [0.4, 0.5) is 0 Å². The molecule has 0 heterocycles. The molecule has 0 saturated carbocycles. The van der Waals surface area contributed by atoms with Crippen molar-refractivity contribution in [3.63, 3.8) is 0 Å². The number of hydrogen-bond acceptors (Lipinski definition) is 1. The molecule has 2 heteroatoms. The Morgan fingerprint density at radius 1 is 1.33 bits per heavy atom. The van der Waals surface area contributed by atoms with Crippen molar-refractivity contribution in [2.24, 2.45) is 0 Å². The average molecular weight is 272 g/mol. The maximum absolute atomic E-state index is 10.9. The third-order valence-electron chi connectivity index (χ3n) is 1.49. The summed E-state index contributed by atoms with van der Waals surface area (Å²) in [6.07, 6.45) is 1.88. The van der Waals surface area contributed by atoms with Gasteiger partial charge in [0.1, 0.15) is 0 Å². The summed E-state index contributed by atoms with van der Waals surface area (Å²) < 4.78 is 0.0939. The van der Waals surface area contributed by atoms with Crippen LogP contribution in [0.3, 0.4) is 0 Å².